The first-order chi connectivity index (χ1) is 11.5. The molecule has 0 spiro atoms. The van der Waals surface area contributed by atoms with E-state index in [0.717, 1.165) is 31.2 Å². The van der Waals surface area contributed by atoms with E-state index in [2.05, 4.69) is 13.5 Å². The number of hydrogen-bond acceptors (Lipinski definition) is 3. The van der Waals surface area contributed by atoms with Crippen LogP contribution in [0.2, 0.25) is 0 Å². The molecular weight excluding hydrogens is 307 g/mol. The average molecular weight is 328 g/mol. The molecule has 3 nitrogen and oxygen atoms in total. The van der Waals surface area contributed by atoms with E-state index in [1.807, 2.05) is 6.07 Å². The maximum Gasteiger partial charge on any atom is 0.378 e. The number of hydrogen-bond donors (Lipinski definition) is 1. The van der Waals surface area contributed by atoms with Gasteiger partial charge in [-0.25, -0.2) is 9.18 Å². The van der Waals surface area contributed by atoms with Gasteiger partial charge >= 0.3 is 5.97 Å². The van der Waals surface area contributed by atoms with Crippen LogP contribution in [0, 0.1) is 5.82 Å². The van der Waals surface area contributed by atoms with Gasteiger partial charge in [0, 0.05) is 5.56 Å². The van der Waals surface area contributed by atoms with Crippen LogP contribution in [0.5, 0.6) is 5.75 Å². The number of ether oxygens (including phenoxy) is 1. The molecule has 4 heteroatoms. The summed E-state index contributed by atoms with van der Waals surface area (Å²) in [6.07, 6.45) is 4.22. The topological polar surface area (TPSA) is 46.5 Å². The number of benzene rings is 2. The van der Waals surface area contributed by atoms with E-state index in [-0.39, 0.29) is 11.6 Å². The van der Waals surface area contributed by atoms with Gasteiger partial charge < -0.3 is 9.84 Å². The Hall–Kier alpha value is -2.62. The summed E-state index contributed by atoms with van der Waals surface area (Å²) in [5.41, 5.74) is 2.19. The summed E-state index contributed by atoms with van der Waals surface area (Å²) in [5, 5.41) is 8.94. The van der Waals surface area contributed by atoms with Crippen molar-refractivity contribution in [2.75, 3.05) is 0 Å². The number of carbonyl (C=O) groups is 1. The first kappa shape index (κ1) is 17.7. The molecule has 0 saturated carbocycles. The van der Waals surface area contributed by atoms with Gasteiger partial charge in [-0.05, 0) is 48.7 Å². The molecule has 2 aromatic carbocycles. The lowest BCUT2D eigenvalue weighted by molar-refractivity contribution is -0.132. The van der Waals surface area contributed by atoms with Crippen LogP contribution >= 0.6 is 0 Å². The third kappa shape index (κ3) is 4.69. The fourth-order valence-electron chi connectivity index (χ4n) is 2.40. The standard InChI is InChI=1S/C20H21FO3/c1-3-4-5-6-15-7-12-18(19(21)13-15)16-8-10-17(11-9-16)24-20(23)14(2)22/h7-13,22H,2-6H2,1H3. The molecule has 0 saturated heterocycles. The molecule has 126 valence electrons. The first-order valence-corrected chi connectivity index (χ1v) is 8.00. The second-order valence-electron chi connectivity index (χ2n) is 5.63. The average Bonchev–Trinajstić information content (AvgIpc) is 2.56. The van der Waals surface area contributed by atoms with Crippen molar-refractivity contribution < 1.29 is 19.0 Å². The fourth-order valence-corrected chi connectivity index (χ4v) is 2.40. The zero-order chi connectivity index (χ0) is 17.5. The SMILES string of the molecule is C=C(O)C(=O)Oc1ccc(-c2ccc(CCCCC)cc2F)cc1. The van der Waals surface area contributed by atoms with E-state index < -0.39 is 11.7 Å². The number of esters is 1. The zero-order valence-corrected chi connectivity index (χ0v) is 13.7. The van der Waals surface area contributed by atoms with Crippen LogP contribution in [0.15, 0.2) is 54.8 Å². The molecule has 0 fully saturated rings. The third-order valence-corrected chi connectivity index (χ3v) is 3.71. The van der Waals surface area contributed by atoms with Gasteiger partial charge in [-0.1, -0.05) is 44.0 Å². The molecule has 0 amide bonds. The summed E-state index contributed by atoms with van der Waals surface area (Å²) in [4.78, 5) is 11.2. The Morgan fingerprint density at radius 3 is 2.46 bits per heavy atom. The Balaban J connectivity index is 2.11. The molecule has 0 aromatic heterocycles. The van der Waals surface area contributed by atoms with Gasteiger partial charge in [0.25, 0.3) is 0 Å². The van der Waals surface area contributed by atoms with Gasteiger partial charge in [0.1, 0.15) is 11.6 Å². The number of rotatable bonds is 7. The van der Waals surface area contributed by atoms with Crippen molar-refractivity contribution in [3.05, 3.63) is 66.2 Å². The van der Waals surface area contributed by atoms with E-state index in [0.29, 0.717) is 11.1 Å². The summed E-state index contributed by atoms with van der Waals surface area (Å²) < 4.78 is 19.2. The molecule has 1 N–H and O–H groups in total. The monoisotopic (exact) mass is 328 g/mol. The zero-order valence-electron chi connectivity index (χ0n) is 13.7. The lowest BCUT2D eigenvalue weighted by Gasteiger charge is -2.08. The van der Waals surface area contributed by atoms with E-state index in [1.165, 1.54) is 0 Å². The minimum absolute atomic E-state index is 0.260. The predicted molar refractivity (Wildman–Crippen MR) is 92.5 cm³/mol. The number of halogens is 1. The number of unbranched alkanes of at least 4 members (excludes halogenated alkanes) is 2. The van der Waals surface area contributed by atoms with Crippen LogP contribution in [-0.4, -0.2) is 11.1 Å². The molecule has 0 bridgehead atoms. The summed E-state index contributed by atoms with van der Waals surface area (Å²) in [6, 6.07) is 11.7. The molecule has 2 aromatic rings. The smallest absolute Gasteiger partial charge is 0.378 e. The molecule has 0 atom stereocenters. The van der Waals surface area contributed by atoms with E-state index in [9.17, 15) is 9.18 Å². The summed E-state index contributed by atoms with van der Waals surface area (Å²) in [5.74, 6) is -1.58. The number of aliphatic hydroxyl groups is 1. The van der Waals surface area contributed by atoms with Crippen molar-refractivity contribution in [3.8, 4) is 16.9 Å². The van der Waals surface area contributed by atoms with E-state index in [4.69, 9.17) is 9.84 Å². The molecular formula is C20H21FO3. The number of carbonyl (C=O) groups excluding carboxylic acids is 1. The van der Waals surface area contributed by atoms with Crippen LogP contribution in [0.25, 0.3) is 11.1 Å². The van der Waals surface area contributed by atoms with Crippen molar-refractivity contribution in [2.45, 2.75) is 32.6 Å². The maximum atomic E-state index is 14.3. The van der Waals surface area contributed by atoms with Crippen LogP contribution < -0.4 is 4.74 Å². The van der Waals surface area contributed by atoms with E-state index in [1.54, 1.807) is 36.4 Å². The highest BCUT2D eigenvalue weighted by Crippen LogP contribution is 2.26. The van der Waals surface area contributed by atoms with Gasteiger partial charge in [-0.15, -0.1) is 0 Å². The minimum Gasteiger partial charge on any atom is -0.502 e. The van der Waals surface area contributed by atoms with Crippen molar-refractivity contribution in [1.82, 2.24) is 0 Å². The molecule has 24 heavy (non-hydrogen) atoms. The van der Waals surface area contributed by atoms with Gasteiger partial charge in [-0.2, -0.15) is 0 Å². The molecule has 0 aliphatic heterocycles. The van der Waals surface area contributed by atoms with Crippen LogP contribution in [0.4, 0.5) is 4.39 Å². The highest BCUT2D eigenvalue weighted by molar-refractivity contribution is 5.86. The van der Waals surface area contributed by atoms with Gasteiger partial charge in [0.2, 0.25) is 0 Å². The van der Waals surface area contributed by atoms with Crippen LogP contribution in [0.3, 0.4) is 0 Å². The number of aryl methyl sites for hydroxylation is 1. The summed E-state index contributed by atoms with van der Waals surface area (Å²) >= 11 is 0. The minimum atomic E-state index is -0.912. The second-order valence-corrected chi connectivity index (χ2v) is 5.63. The van der Waals surface area contributed by atoms with Gasteiger partial charge in [0.05, 0.1) is 0 Å². The normalized spacial score (nSPS) is 10.4. The molecule has 0 heterocycles. The van der Waals surface area contributed by atoms with Crippen LogP contribution in [-0.2, 0) is 11.2 Å². The van der Waals surface area contributed by atoms with E-state index >= 15 is 0 Å². The fraction of sp³-hybridized carbons (Fsp3) is 0.250. The highest BCUT2D eigenvalue weighted by Gasteiger charge is 2.10. The Morgan fingerprint density at radius 2 is 1.88 bits per heavy atom. The lowest BCUT2D eigenvalue weighted by Crippen LogP contribution is -2.09. The van der Waals surface area contributed by atoms with Crippen molar-refractivity contribution in [3.63, 3.8) is 0 Å². The summed E-state index contributed by atoms with van der Waals surface area (Å²) in [7, 11) is 0. The van der Waals surface area contributed by atoms with Crippen LogP contribution in [0.1, 0.15) is 31.7 Å². The van der Waals surface area contributed by atoms with Crippen molar-refractivity contribution >= 4 is 5.97 Å². The van der Waals surface area contributed by atoms with Gasteiger partial charge in [-0.3, -0.25) is 0 Å². The predicted octanol–water partition coefficient (Wildman–Crippen LogP) is 5.20. The molecule has 0 radical (unpaired) electrons. The Kier molecular flexibility index (Phi) is 6.13. The Labute approximate surface area is 141 Å². The Bertz CT molecular complexity index is 720. The molecule has 0 aliphatic carbocycles. The Morgan fingerprint density at radius 1 is 1.17 bits per heavy atom. The lowest BCUT2D eigenvalue weighted by atomic mass is 10.0. The quantitative estimate of drug-likeness (QED) is 0.250. The third-order valence-electron chi connectivity index (χ3n) is 3.71. The largest absolute Gasteiger partial charge is 0.502 e. The van der Waals surface area contributed by atoms with Gasteiger partial charge in [0.15, 0.2) is 5.76 Å². The van der Waals surface area contributed by atoms with Crippen molar-refractivity contribution in [1.29, 1.82) is 0 Å². The molecule has 2 rings (SSSR count). The first-order valence-electron chi connectivity index (χ1n) is 8.00. The maximum absolute atomic E-state index is 14.3. The molecule has 0 unspecified atom stereocenters. The summed E-state index contributed by atoms with van der Waals surface area (Å²) in [6.45, 7) is 5.23. The highest BCUT2D eigenvalue weighted by atomic mass is 19.1. The molecule has 0 aliphatic rings. The number of aliphatic hydroxyl groups excluding tert-OH is 1. The second kappa shape index (κ2) is 8.29. The van der Waals surface area contributed by atoms with Crippen molar-refractivity contribution in [2.24, 2.45) is 0 Å².